The van der Waals surface area contributed by atoms with Crippen molar-refractivity contribution >= 4 is 11.4 Å². The lowest BCUT2D eigenvalue weighted by Crippen LogP contribution is -2.44. The molecule has 1 aliphatic rings. The van der Waals surface area contributed by atoms with E-state index < -0.39 is 0 Å². The van der Waals surface area contributed by atoms with Gasteiger partial charge >= 0.3 is 0 Å². The van der Waals surface area contributed by atoms with E-state index in [0.717, 1.165) is 26.2 Å². The molecule has 1 heterocycles. The normalized spacial score (nSPS) is 17.2. The minimum Gasteiger partial charge on any atom is -0.367 e. The highest BCUT2D eigenvalue weighted by molar-refractivity contribution is 5.57. The molecule has 1 fully saturated rings. The molecule has 0 aliphatic carbocycles. The Morgan fingerprint density at radius 1 is 1.25 bits per heavy atom. The molecular weight excluding hydrogens is 205 g/mol. The second-order valence-corrected chi connectivity index (χ2v) is 4.04. The van der Waals surface area contributed by atoms with Crippen LogP contribution in [0.25, 0.3) is 4.85 Å². The molecule has 0 radical (unpaired) electrons. The van der Waals surface area contributed by atoms with Crippen LogP contribution in [-0.4, -0.2) is 38.1 Å². The first kappa shape index (κ1) is 10.9. The second kappa shape index (κ2) is 4.50. The van der Waals surface area contributed by atoms with Crippen molar-refractivity contribution in [3.8, 4) is 0 Å². The van der Waals surface area contributed by atoms with E-state index in [1.807, 2.05) is 4.90 Å². The molecule has 0 atom stereocenters. The van der Waals surface area contributed by atoms with Crippen molar-refractivity contribution < 1.29 is 4.39 Å². The maximum absolute atomic E-state index is 13.7. The number of likely N-dealkylation sites (N-methyl/N-ethyl adjacent to an activating group) is 1. The number of halogens is 1. The third-order valence-electron chi connectivity index (χ3n) is 2.90. The first-order valence-corrected chi connectivity index (χ1v) is 5.31. The Kier molecular flexibility index (Phi) is 3.07. The van der Waals surface area contributed by atoms with Crippen molar-refractivity contribution in [3.05, 3.63) is 35.4 Å². The summed E-state index contributed by atoms with van der Waals surface area (Å²) in [4.78, 5) is 7.47. The standard InChI is InChI=1S/C12H14FN3/c1-14-10-3-4-12(11(13)9-10)16-7-5-15(2)6-8-16/h3-4,9H,5-8H2,2H3. The topological polar surface area (TPSA) is 10.8 Å². The Hall–Kier alpha value is -1.60. The molecule has 16 heavy (non-hydrogen) atoms. The zero-order valence-corrected chi connectivity index (χ0v) is 9.28. The van der Waals surface area contributed by atoms with Gasteiger partial charge in [-0.25, -0.2) is 9.24 Å². The van der Waals surface area contributed by atoms with Crippen LogP contribution in [0.5, 0.6) is 0 Å². The van der Waals surface area contributed by atoms with E-state index in [2.05, 4.69) is 16.8 Å². The molecule has 0 amide bonds. The molecule has 0 bridgehead atoms. The van der Waals surface area contributed by atoms with Gasteiger partial charge in [0.2, 0.25) is 0 Å². The zero-order valence-electron chi connectivity index (χ0n) is 9.28. The molecule has 1 aromatic carbocycles. The molecule has 1 aliphatic heterocycles. The Bertz CT molecular complexity index is 417. The van der Waals surface area contributed by atoms with E-state index in [-0.39, 0.29) is 5.82 Å². The van der Waals surface area contributed by atoms with Gasteiger partial charge in [0.05, 0.1) is 12.3 Å². The van der Waals surface area contributed by atoms with Crippen LogP contribution in [0, 0.1) is 12.4 Å². The number of piperazine rings is 1. The average Bonchev–Trinajstić information content (AvgIpc) is 2.30. The van der Waals surface area contributed by atoms with E-state index in [4.69, 9.17) is 6.57 Å². The Morgan fingerprint density at radius 2 is 1.94 bits per heavy atom. The summed E-state index contributed by atoms with van der Waals surface area (Å²) < 4.78 is 13.7. The highest BCUT2D eigenvalue weighted by Gasteiger charge is 2.17. The lowest BCUT2D eigenvalue weighted by atomic mass is 10.2. The van der Waals surface area contributed by atoms with Crippen molar-refractivity contribution in [1.29, 1.82) is 0 Å². The largest absolute Gasteiger partial charge is 0.367 e. The van der Waals surface area contributed by atoms with Crippen LogP contribution in [0.15, 0.2) is 18.2 Å². The lowest BCUT2D eigenvalue weighted by molar-refractivity contribution is 0.311. The summed E-state index contributed by atoms with van der Waals surface area (Å²) in [5.74, 6) is -0.293. The summed E-state index contributed by atoms with van der Waals surface area (Å²) in [6.07, 6.45) is 0. The predicted octanol–water partition coefficient (Wildman–Crippen LogP) is 2.13. The Balaban J connectivity index is 2.18. The number of nitrogens with zero attached hydrogens (tertiary/aromatic N) is 3. The molecule has 0 unspecified atom stereocenters. The van der Waals surface area contributed by atoms with E-state index in [0.29, 0.717) is 11.4 Å². The van der Waals surface area contributed by atoms with Gasteiger partial charge in [0.25, 0.3) is 0 Å². The minimum absolute atomic E-state index is 0.293. The molecule has 0 aromatic heterocycles. The second-order valence-electron chi connectivity index (χ2n) is 4.04. The number of hydrogen-bond donors (Lipinski definition) is 0. The van der Waals surface area contributed by atoms with Crippen molar-refractivity contribution in [2.75, 3.05) is 38.1 Å². The monoisotopic (exact) mass is 219 g/mol. The lowest BCUT2D eigenvalue weighted by Gasteiger charge is -2.34. The molecule has 1 saturated heterocycles. The summed E-state index contributed by atoms with van der Waals surface area (Å²) in [5.41, 5.74) is 0.968. The van der Waals surface area contributed by atoms with E-state index in [1.54, 1.807) is 12.1 Å². The van der Waals surface area contributed by atoms with Crippen LogP contribution < -0.4 is 4.90 Å². The molecule has 0 N–H and O–H groups in total. The van der Waals surface area contributed by atoms with Gasteiger partial charge in [0.1, 0.15) is 5.82 Å². The summed E-state index contributed by atoms with van der Waals surface area (Å²) >= 11 is 0. The highest BCUT2D eigenvalue weighted by atomic mass is 19.1. The summed E-state index contributed by atoms with van der Waals surface area (Å²) in [6.45, 7) is 10.4. The third-order valence-corrected chi connectivity index (χ3v) is 2.90. The fraction of sp³-hybridized carbons (Fsp3) is 0.417. The maximum Gasteiger partial charge on any atom is 0.190 e. The van der Waals surface area contributed by atoms with Crippen LogP contribution in [-0.2, 0) is 0 Å². The van der Waals surface area contributed by atoms with Crippen LogP contribution >= 0.6 is 0 Å². The molecule has 84 valence electrons. The van der Waals surface area contributed by atoms with Crippen molar-refractivity contribution in [2.45, 2.75) is 0 Å². The number of anilines is 1. The third kappa shape index (κ3) is 2.15. The molecule has 2 rings (SSSR count). The SMILES string of the molecule is [C-]#[N+]c1ccc(N2CCN(C)CC2)c(F)c1. The average molecular weight is 219 g/mol. The Labute approximate surface area is 94.9 Å². The molecule has 0 saturated carbocycles. The van der Waals surface area contributed by atoms with Crippen molar-refractivity contribution in [1.82, 2.24) is 4.90 Å². The van der Waals surface area contributed by atoms with Gasteiger partial charge < -0.3 is 9.80 Å². The molecule has 1 aromatic rings. The fourth-order valence-electron chi connectivity index (χ4n) is 1.87. The van der Waals surface area contributed by atoms with Crippen molar-refractivity contribution in [2.24, 2.45) is 0 Å². The van der Waals surface area contributed by atoms with Gasteiger partial charge in [-0.15, -0.1) is 0 Å². The Morgan fingerprint density at radius 3 is 2.50 bits per heavy atom. The van der Waals surface area contributed by atoms with Crippen LogP contribution in [0.1, 0.15) is 0 Å². The van der Waals surface area contributed by atoms with Gasteiger partial charge in [-0.2, -0.15) is 0 Å². The fourth-order valence-corrected chi connectivity index (χ4v) is 1.87. The van der Waals surface area contributed by atoms with Gasteiger partial charge in [0.15, 0.2) is 5.69 Å². The number of rotatable bonds is 1. The molecule has 0 spiro atoms. The minimum atomic E-state index is -0.293. The first-order chi connectivity index (χ1) is 7.70. The summed E-state index contributed by atoms with van der Waals surface area (Å²) in [7, 11) is 2.07. The van der Waals surface area contributed by atoms with E-state index in [9.17, 15) is 4.39 Å². The summed E-state index contributed by atoms with van der Waals surface area (Å²) in [5, 5.41) is 0. The van der Waals surface area contributed by atoms with Crippen LogP contribution in [0.3, 0.4) is 0 Å². The highest BCUT2D eigenvalue weighted by Crippen LogP contribution is 2.25. The number of hydrogen-bond acceptors (Lipinski definition) is 2. The molecular formula is C12H14FN3. The smallest absolute Gasteiger partial charge is 0.190 e. The molecule has 4 heteroatoms. The van der Waals surface area contributed by atoms with E-state index in [1.165, 1.54) is 6.07 Å². The maximum atomic E-state index is 13.7. The predicted molar refractivity (Wildman–Crippen MR) is 62.4 cm³/mol. The van der Waals surface area contributed by atoms with Gasteiger partial charge in [-0.05, 0) is 19.2 Å². The van der Waals surface area contributed by atoms with Gasteiger partial charge in [0, 0.05) is 26.2 Å². The van der Waals surface area contributed by atoms with Crippen LogP contribution in [0.2, 0.25) is 0 Å². The van der Waals surface area contributed by atoms with Crippen molar-refractivity contribution in [3.63, 3.8) is 0 Å². The quantitative estimate of drug-likeness (QED) is 0.670. The molecule has 3 nitrogen and oxygen atoms in total. The first-order valence-electron chi connectivity index (χ1n) is 5.31. The zero-order chi connectivity index (χ0) is 11.5. The van der Waals surface area contributed by atoms with Crippen LogP contribution in [0.4, 0.5) is 15.8 Å². The summed E-state index contributed by atoms with van der Waals surface area (Å²) in [6, 6.07) is 4.68. The number of benzene rings is 1. The van der Waals surface area contributed by atoms with Gasteiger partial charge in [-0.1, -0.05) is 6.07 Å². The van der Waals surface area contributed by atoms with Gasteiger partial charge in [-0.3, -0.25) is 0 Å². The van der Waals surface area contributed by atoms with E-state index >= 15 is 0 Å².